The van der Waals surface area contributed by atoms with E-state index < -0.39 is 10.8 Å². The Labute approximate surface area is 129 Å². The maximum Gasteiger partial charge on any atom is 0.307 e. The molecule has 0 saturated heterocycles. The second-order valence-corrected chi connectivity index (χ2v) is 4.74. The zero-order valence-corrected chi connectivity index (χ0v) is 12.0. The number of amides is 1. The fourth-order valence-corrected chi connectivity index (χ4v) is 1.99. The first kappa shape index (κ1) is 14.5. The van der Waals surface area contributed by atoms with Gasteiger partial charge in [-0.05, 0) is 31.2 Å². The number of nitrogens with zero attached hydrogens (tertiary/aromatic N) is 2. The summed E-state index contributed by atoms with van der Waals surface area (Å²) in [4.78, 5) is 22.2. The van der Waals surface area contributed by atoms with Crippen LogP contribution in [0.4, 0.5) is 5.69 Å². The minimum Gasteiger partial charge on any atom is -0.460 e. The van der Waals surface area contributed by atoms with Crippen LogP contribution >= 0.6 is 0 Å². The third-order valence-corrected chi connectivity index (χ3v) is 3.05. The highest BCUT2D eigenvalue weighted by molar-refractivity contribution is 5.96. The van der Waals surface area contributed by atoms with E-state index in [4.69, 9.17) is 8.83 Å². The largest absolute Gasteiger partial charge is 0.460 e. The van der Waals surface area contributed by atoms with Crippen LogP contribution in [0.2, 0.25) is 0 Å². The predicted octanol–water partition coefficient (Wildman–Crippen LogP) is 3.01. The lowest BCUT2D eigenvalue weighted by atomic mass is 10.2. The van der Waals surface area contributed by atoms with E-state index in [-0.39, 0.29) is 11.4 Å². The van der Waals surface area contributed by atoms with E-state index in [0.717, 1.165) is 5.76 Å². The lowest BCUT2D eigenvalue weighted by Crippen LogP contribution is -2.16. The van der Waals surface area contributed by atoms with Gasteiger partial charge in [0.1, 0.15) is 17.1 Å². The van der Waals surface area contributed by atoms with E-state index >= 15 is 0 Å². The molecular formula is C15H11N3O5. The quantitative estimate of drug-likeness (QED) is 0.452. The average Bonchev–Trinajstić information content (AvgIpc) is 3.12. The molecule has 3 rings (SSSR count). The van der Waals surface area contributed by atoms with Crippen LogP contribution in [0.15, 0.2) is 50.3 Å². The summed E-state index contributed by atoms with van der Waals surface area (Å²) in [6.45, 7) is 1.80. The van der Waals surface area contributed by atoms with Crippen LogP contribution in [-0.2, 0) is 0 Å². The van der Waals surface area contributed by atoms with Gasteiger partial charge in [0.15, 0.2) is 5.76 Å². The number of benzene rings is 1. The lowest BCUT2D eigenvalue weighted by molar-refractivity contribution is -0.384. The van der Waals surface area contributed by atoms with Crippen molar-refractivity contribution in [2.75, 3.05) is 0 Å². The summed E-state index contributed by atoms with van der Waals surface area (Å²) < 4.78 is 10.6. The number of carbonyl (C=O) groups is 1. The molecule has 3 aromatic rings. The minimum atomic E-state index is -0.566. The zero-order valence-electron chi connectivity index (χ0n) is 12.0. The number of non-ortho nitro benzene ring substituents is 1. The van der Waals surface area contributed by atoms with Crippen molar-refractivity contribution in [2.45, 2.75) is 6.92 Å². The van der Waals surface area contributed by atoms with Crippen molar-refractivity contribution in [3.05, 3.63) is 63.8 Å². The van der Waals surface area contributed by atoms with Crippen molar-refractivity contribution in [1.82, 2.24) is 5.43 Å². The average molecular weight is 313 g/mol. The Balaban J connectivity index is 1.75. The first-order valence-electron chi connectivity index (χ1n) is 6.61. The molecular weight excluding hydrogens is 302 g/mol. The van der Waals surface area contributed by atoms with Gasteiger partial charge in [-0.1, -0.05) is 0 Å². The number of nitro benzene ring substituents is 1. The standard InChI is InChI=1S/C15H11N3O5/c1-9-2-4-12(22-9)8-16-17-15(19)14-7-10-6-11(18(20)21)3-5-13(10)23-14/h2-8H,1H3,(H,17,19)/b16-8-. The second-order valence-electron chi connectivity index (χ2n) is 4.74. The van der Waals surface area contributed by atoms with Crippen LogP contribution in [0.1, 0.15) is 22.1 Å². The van der Waals surface area contributed by atoms with Crippen molar-refractivity contribution in [1.29, 1.82) is 0 Å². The van der Waals surface area contributed by atoms with Gasteiger partial charge < -0.3 is 8.83 Å². The first-order valence-corrected chi connectivity index (χ1v) is 6.61. The maximum atomic E-state index is 11.9. The normalized spacial score (nSPS) is 11.2. The molecule has 0 atom stereocenters. The number of rotatable bonds is 4. The molecule has 0 fully saturated rings. The Morgan fingerprint density at radius 2 is 2.09 bits per heavy atom. The van der Waals surface area contributed by atoms with Gasteiger partial charge in [-0.25, -0.2) is 5.43 Å². The fraction of sp³-hybridized carbons (Fsp3) is 0.0667. The Morgan fingerprint density at radius 1 is 1.26 bits per heavy atom. The Hall–Kier alpha value is -3.42. The van der Waals surface area contributed by atoms with Gasteiger partial charge in [0.05, 0.1) is 11.1 Å². The molecule has 0 aliphatic heterocycles. The molecule has 2 aromatic heterocycles. The predicted molar refractivity (Wildman–Crippen MR) is 81.4 cm³/mol. The number of carbonyl (C=O) groups excluding carboxylic acids is 1. The number of fused-ring (bicyclic) bond motifs is 1. The number of furan rings is 2. The van der Waals surface area contributed by atoms with E-state index in [0.29, 0.717) is 16.7 Å². The molecule has 1 N–H and O–H groups in total. The molecule has 23 heavy (non-hydrogen) atoms. The topological polar surface area (TPSA) is 111 Å². The van der Waals surface area contributed by atoms with Crippen LogP contribution < -0.4 is 5.43 Å². The maximum absolute atomic E-state index is 11.9. The lowest BCUT2D eigenvalue weighted by Gasteiger charge is -1.93. The summed E-state index contributed by atoms with van der Waals surface area (Å²) >= 11 is 0. The van der Waals surface area contributed by atoms with Gasteiger partial charge in [-0.2, -0.15) is 5.10 Å². The minimum absolute atomic E-state index is 0.00766. The molecule has 0 aliphatic carbocycles. The van der Waals surface area contributed by atoms with Crippen molar-refractivity contribution >= 4 is 28.8 Å². The molecule has 1 amide bonds. The Kier molecular flexibility index (Phi) is 3.63. The summed E-state index contributed by atoms with van der Waals surface area (Å²) in [7, 11) is 0. The SMILES string of the molecule is Cc1ccc(/C=N\NC(=O)c2cc3cc([N+](=O)[O-])ccc3o2)o1. The molecule has 1 aromatic carbocycles. The number of nitrogens with one attached hydrogen (secondary N) is 1. The summed E-state index contributed by atoms with van der Waals surface area (Å²) in [5.41, 5.74) is 2.61. The number of aryl methyl sites for hydroxylation is 1. The Morgan fingerprint density at radius 3 is 2.78 bits per heavy atom. The molecule has 0 radical (unpaired) electrons. The van der Waals surface area contributed by atoms with Crippen LogP contribution in [-0.4, -0.2) is 17.0 Å². The summed E-state index contributed by atoms with van der Waals surface area (Å²) in [6.07, 6.45) is 1.36. The molecule has 0 aliphatic rings. The van der Waals surface area contributed by atoms with E-state index in [1.165, 1.54) is 30.5 Å². The van der Waals surface area contributed by atoms with Gasteiger partial charge in [0.25, 0.3) is 5.69 Å². The number of hydrazone groups is 1. The molecule has 0 bridgehead atoms. The monoisotopic (exact) mass is 313 g/mol. The first-order chi connectivity index (χ1) is 11.0. The highest BCUT2D eigenvalue weighted by Gasteiger charge is 2.14. The van der Waals surface area contributed by atoms with Crippen molar-refractivity contribution in [3.8, 4) is 0 Å². The van der Waals surface area contributed by atoms with Crippen molar-refractivity contribution in [3.63, 3.8) is 0 Å². The van der Waals surface area contributed by atoms with Crippen LogP contribution in [0.3, 0.4) is 0 Å². The second kappa shape index (κ2) is 5.76. The molecule has 8 nitrogen and oxygen atoms in total. The highest BCUT2D eigenvalue weighted by atomic mass is 16.6. The summed E-state index contributed by atoms with van der Waals surface area (Å²) in [5.74, 6) is 0.677. The van der Waals surface area contributed by atoms with Crippen LogP contribution in [0.25, 0.3) is 11.0 Å². The third-order valence-electron chi connectivity index (χ3n) is 3.05. The van der Waals surface area contributed by atoms with E-state index in [1.807, 2.05) is 0 Å². The van der Waals surface area contributed by atoms with E-state index in [1.54, 1.807) is 19.1 Å². The summed E-state index contributed by atoms with van der Waals surface area (Å²) in [5, 5.41) is 15.0. The van der Waals surface area contributed by atoms with Gasteiger partial charge in [-0.15, -0.1) is 0 Å². The molecule has 0 unspecified atom stereocenters. The highest BCUT2D eigenvalue weighted by Crippen LogP contribution is 2.24. The van der Waals surface area contributed by atoms with Gasteiger partial charge >= 0.3 is 5.91 Å². The van der Waals surface area contributed by atoms with Gasteiger partial charge in [0, 0.05) is 17.5 Å². The molecule has 116 valence electrons. The molecule has 0 saturated carbocycles. The number of nitro groups is 1. The third kappa shape index (κ3) is 3.10. The Bertz CT molecular complexity index is 922. The van der Waals surface area contributed by atoms with Crippen molar-refractivity contribution in [2.24, 2.45) is 5.10 Å². The van der Waals surface area contributed by atoms with E-state index in [9.17, 15) is 14.9 Å². The number of hydrogen-bond donors (Lipinski definition) is 1. The molecule has 2 heterocycles. The molecule has 8 heteroatoms. The van der Waals surface area contributed by atoms with Crippen molar-refractivity contribution < 1.29 is 18.6 Å². The fourth-order valence-electron chi connectivity index (χ4n) is 1.99. The smallest absolute Gasteiger partial charge is 0.307 e. The van der Waals surface area contributed by atoms with Gasteiger partial charge in [-0.3, -0.25) is 14.9 Å². The van der Waals surface area contributed by atoms with E-state index in [2.05, 4.69) is 10.5 Å². The summed E-state index contributed by atoms with van der Waals surface area (Å²) in [6, 6.07) is 9.00. The number of hydrogen-bond acceptors (Lipinski definition) is 6. The van der Waals surface area contributed by atoms with Gasteiger partial charge in [0.2, 0.25) is 0 Å². The molecule has 0 spiro atoms. The zero-order chi connectivity index (χ0) is 16.4. The van der Waals surface area contributed by atoms with Crippen LogP contribution in [0, 0.1) is 17.0 Å². The van der Waals surface area contributed by atoms with Crippen LogP contribution in [0.5, 0.6) is 0 Å².